The number of nitrogens with one attached hydrogen (secondary N) is 1. The average Bonchev–Trinajstić information content (AvgIpc) is 2.51. The number of piperidine rings is 2. The van der Waals surface area contributed by atoms with E-state index in [4.69, 9.17) is 9.47 Å². The molecule has 2 atom stereocenters. The lowest BCUT2D eigenvalue weighted by Crippen LogP contribution is -2.55. The Kier molecular flexibility index (Phi) is 5.57. The van der Waals surface area contributed by atoms with Gasteiger partial charge in [-0.15, -0.1) is 0 Å². The van der Waals surface area contributed by atoms with Gasteiger partial charge in [-0.25, -0.2) is 4.79 Å². The topological polar surface area (TPSA) is 47.6 Å². The Bertz CT molecular complexity index is 614. The number of hydrogen-bond acceptors (Lipinski definition) is 4. The highest BCUT2D eigenvalue weighted by Crippen LogP contribution is 2.43. The molecule has 2 saturated heterocycles. The molecule has 138 valence electrons. The summed E-state index contributed by atoms with van der Waals surface area (Å²) in [5.41, 5.74) is 0.222. The van der Waals surface area contributed by atoms with Crippen LogP contribution in [0.4, 0.5) is 0 Å². The van der Waals surface area contributed by atoms with E-state index in [1.165, 1.54) is 19.3 Å². The van der Waals surface area contributed by atoms with E-state index in [1.54, 1.807) is 0 Å². The van der Waals surface area contributed by atoms with Crippen LogP contribution in [-0.4, -0.2) is 30.3 Å². The lowest BCUT2D eigenvalue weighted by molar-refractivity contribution is -0.172. The van der Waals surface area contributed by atoms with E-state index in [0.29, 0.717) is 12.1 Å². The van der Waals surface area contributed by atoms with Gasteiger partial charge in [0.1, 0.15) is 12.2 Å². The minimum atomic E-state index is -0.492. The molecule has 0 saturated carbocycles. The van der Waals surface area contributed by atoms with Gasteiger partial charge in [-0.2, -0.15) is 0 Å². The largest absolute Gasteiger partial charge is 0.458 e. The molecule has 0 amide bonds. The van der Waals surface area contributed by atoms with Crippen LogP contribution in [0.2, 0.25) is 0 Å². The Morgan fingerprint density at radius 2 is 1.96 bits per heavy atom. The fourth-order valence-electron chi connectivity index (χ4n) is 4.09. The molecule has 5 heteroatoms. The fraction of sp³-hybridized carbons (Fsp3) is 0.650. The van der Waals surface area contributed by atoms with Crippen molar-refractivity contribution >= 4 is 21.9 Å². The van der Waals surface area contributed by atoms with E-state index in [2.05, 4.69) is 33.4 Å². The monoisotopic (exact) mass is 409 g/mol. The van der Waals surface area contributed by atoms with Crippen LogP contribution in [0.1, 0.15) is 58.4 Å². The zero-order valence-electron chi connectivity index (χ0n) is 15.3. The number of halogens is 1. The number of hydrogen-bond donors (Lipinski definition) is 1. The normalized spacial score (nSPS) is 29.3. The Morgan fingerprint density at radius 1 is 1.28 bits per heavy atom. The highest BCUT2D eigenvalue weighted by molar-refractivity contribution is 9.10. The smallest absolute Gasteiger partial charge is 0.332 e. The minimum Gasteiger partial charge on any atom is -0.458 e. The standard InChI is InChI=1S/C20H28BrNO3/c1-19(2,3)25-18(23)13-24-20(14-6-4-7-15(21)10-14)11-16-8-5-9-17(12-20)22-16/h4,6-7,10,16-17,22H,5,8-9,11-13H2,1-3H3. The molecule has 2 aliphatic rings. The summed E-state index contributed by atoms with van der Waals surface area (Å²) in [7, 11) is 0. The first kappa shape index (κ1) is 18.9. The molecular weight excluding hydrogens is 382 g/mol. The van der Waals surface area contributed by atoms with Gasteiger partial charge in [-0.3, -0.25) is 0 Å². The van der Waals surface area contributed by atoms with Crippen molar-refractivity contribution in [2.24, 2.45) is 0 Å². The van der Waals surface area contributed by atoms with Crippen LogP contribution in [-0.2, 0) is 19.9 Å². The number of esters is 1. The van der Waals surface area contributed by atoms with Gasteiger partial charge in [0.15, 0.2) is 0 Å². The number of carbonyl (C=O) groups is 1. The quantitative estimate of drug-likeness (QED) is 0.752. The zero-order valence-corrected chi connectivity index (χ0v) is 16.9. The van der Waals surface area contributed by atoms with E-state index >= 15 is 0 Å². The number of rotatable bonds is 4. The van der Waals surface area contributed by atoms with Crippen LogP contribution in [0.5, 0.6) is 0 Å². The summed E-state index contributed by atoms with van der Waals surface area (Å²) in [6.07, 6.45) is 5.39. The molecule has 2 aliphatic heterocycles. The Hall–Kier alpha value is -0.910. The van der Waals surface area contributed by atoms with Crippen molar-refractivity contribution in [2.45, 2.75) is 76.2 Å². The summed E-state index contributed by atoms with van der Waals surface area (Å²) in [6, 6.07) is 9.19. The molecule has 2 fully saturated rings. The van der Waals surface area contributed by atoms with Crippen LogP contribution in [0, 0.1) is 0 Å². The predicted octanol–water partition coefficient (Wildman–Crippen LogP) is 4.31. The van der Waals surface area contributed by atoms with Gasteiger partial charge in [0.05, 0.1) is 5.60 Å². The van der Waals surface area contributed by atoms with Crippen molar-refractivity contribution in [3.8, 4) is 0 Å². The molecule has 1 N–H and O–H groups in total. The molecule has 3 rings (SSSR count). The van der Waals surface area contributed by atoms with Crippen molar-refractivity contribution in [3.05, 3.63) is 34.3 Å². The van der Waals surface area contributed by atoms with Gasteiger partial charge in [0.2, 0.25) is 0 Å². The first-order chi connectivity index (χ1) is 11.8. The van der Waals surface area contributed by atoms with Crippen LogP contribution in [0.15, 0.2) is 28.7 Å². The molecule has 0 aliphatic carbocycles. The fourth-order valence-corrected chi connectivity index (χ4v) is 4.49. The van der Waals surface area contributed by atoms with E-state index in [9.17, 15) is 4.79 Å². The molecule has 2 unspecified atom stereocenters. The van der Waals surface area contributed by atoms with Gasteiger partial charge in [0.25, 0.3) is 0 Å². The first-order valence-electron chi connectivity index (χ1n) is 9.14. The third-order valence-corrected chi connectivity index (χ3v) is 5.46. The second-order valence-corrected chi connectivity index (χ2v) is 9.20. The SMILES string of the molecule is CC(C)(C)OC(=O)COC1(c2cccc(Br)c2)CC2CCCC(C1)N2. The van der Waals surface area contributed by atoms with Crippen LogP contribution < -0.4 is 5.32 Å². The Morgan fingerprint density at radius 3 is 2.56 bits per heavy atom. The Balaban J connectivity index is 1.81. The molecule has 0 radical (unpaired) electrons. The summed E-state index contributed by atoms with van der Waals surface area (Å²) < 4.78 is 12.8. The summed E-state index contributed by atoms with van der Waals surface area (Å²) in [5.74, 6) is -0.300. The molecule has 0 aromatic heterocycles. The molecule has 4 nitrogen and oxygen atoms in total. The lowest BCUT2D eigenvalue weighted by Gasteiger charge is -2.48. The van der Waals surface area contributed by atoms with Crippen LogP contribution in [0.25, 0.3) is 0 Å². The maximum atomic E-state index is 12.2. The maximum Gasteiger partial charge on any atom is 0.332 e. The molecule has 2 heterocycles. The molecule has 1 aromatic carbocycles. The second-order valence-electron chi connectivity index (χ2n) is 8.28. The number of ether oxygens (including phenoxy) is 2. The Labute approximate surface area is 158 Å². The molecule has 25 heavy (non-hydrogen) atoms. The zero-order chi connectivity index (χ0) is 18.1. The van der Waals surface area contributed by atoms with E-state index in [1.807, 2.05) is 32.9 Å². The molecule has 1 aromatic rings. The van der Waals surface area contributed by atoms with Crippen LogP contribution >= 0.6 is 15.9 Å². The predicted molar refractivity (Wildman–Crippen MR) is 101 cm³/mol. The maximum absolute atomic E-state index is 12.2. The van der Waals surface area contributed by atoms with Crippen molar-refractivity contribution in [1.29, 1.82) is 0 Å². The van der Waals surface area contributed by atoms with E-state index in [-0.39, 0.29) is 12.6 Å². The van der Waals surface area contributed by atoms with Crippen molar-refractivity contribution < 1.29 is 14.3 Å². The first-order valence-corrected chi connectivity index (χ1v) is 9.93. The average molecular weight is 410 g/mol. The molecular formula is C20H28BrNO3. The number of carbonyl (C=O) groups excluding carboxylic acids is 1. The van der Waals surface area contributed by atoms with Crippen LogP contribution in [0.3, 0.4) is 0 Å². The van der Waals surface area contributed by atoms with Gasteiger partial charge in [0, 0.05) is 16.6 Å². The molecule has 2 bridgehead atoms. The van der Waals surface area contributed by atoms with Gasteiger partial charge in [-0.05, 0) is 64.2 Å². The summed E-state index contributed by atoms with van der Waals surface area (Å²) in [6.45, 7) is 5.63. The van der Waals surface area contributed by atoms with Gasteiger partial charge < -0.3 is 14.8 Å². The lowest BCUT2D eigenvalue weighted by atomic mass is 9.73. The summed E-state index contributed by atoms with van der Waals surface area (Å²) in [4.78, 5) is 12.2. The van der Waals surface area contributed by atoms with Gasteiger partial charge >= 0.3 is 5.97 Å². The number of fused-ring (bicyclic) bond motifs is 2. The second kappa shape index (κ2) is 7.37. The van der Waals surface area contributed by atoms with E-state index in [0.717, 1.165) is 22.9 Å². The third-order valence-electron chi connectivity index (χ3n) is 4.97. The van der Waals surface area contributed by atoms with Crippen molar-refractivity contribution in [3.63, 3.8) is 0 Å². The van der Waals surface area contributed by atoms with Crippen molar-refractivity contribution in [2.75, 3.05) is 6.61 Å². The summed E-state index contributed by atoms with van der Waals surface area (Å²) >= 11 is 3.57. The van der Waals surface area contributed by atoms with Crippen molar-refractivity contribution in [1.82, 2.24) is 5.32 Å². The highest BCUT2D eigenvalue weighted by atomic mass is 79.9. The highest BCUT2D eigenvalue weighted by Gasteiger charge is 2.44. The van der Waals surface area contributed by atoms with Gasteiger partial charge in [-0.1, -0.05) is 34.5 Å². The number of benzene rings is 1. The minimum absolute atomic E-state index is 0.0107. The third kappa shape index (κ3) is 4.83. The van der Waals surface area contributed by atoms with E-state index < -0.39 is 11.2 Å². The summed E-state index contributed by atoms with van der Waals surface area (Å²) in [5, 5.41) is 3.71. The molecule has 0 spiro atoms.